The Morgan fingerprint density at radius 1 is 1.32 bits per heavy atom. The molecule has 1 aliphatic heterocycles. The van der Waals surface area contributed by atoms with Crippen molar-refractivity contribution < 1.29 is 19.4 Å². The van der Waals surface area contributed by atoms with Gasteiger partial charge in [-0.25, -0.2) is 0 Å². The van der Waals surface area contributed by atoms with Crippen molar-refractivity contribution >= 4 is 5.97 Å². The van der Waals surface area contributed by atoms with Crippen molar-refractivity contribution in [3.8, 4) is 17.6 Å². The molecule has 0 fully saturated rings. The Kier molecular flexibility index (Phi) is 4.50. The maximum atomic E-state index is 11.0. The van der Waals surface area contributed by atoms with Gasteiger partial charge in [-0.15, -0.1) is 0 Å². The van der Waals surface area contributed by atoms with E-state index in [-0.39, 0.29) is 18.4 Å². The van der Waals surface area contributed by atoms with E-state index in [1.165, 1.54) is 5.56 Å². The van der Waals surface area contributed by atoms with Gasteiger partial charge in [0.1, 0.15) is 17.6 Å². The SMILES string of the molecule is CC(C)(C#N)c1cccc2c1CC[C@H]2Oc1ccc2c(c1)OC[C@H]2CC(=O)O. The molecule has 5 nitrogen and oxygen atoms in total. The smallest absolute Gasteiger partial charge is 0.304 e. The van der Waals surface area contributed by atoms with Crippen LogP contribution >= 0.6 is 0 Å². The average Bonchev–Trinajstić information content (AvgIpc) is 3.25. The molecule has 1 heterocycles. The van der Waals surface area contributed by atoms with Crippen LogP contribution in [0.4, 0.5) is 0 Å². The second kappa shape index (κ2) is 6.87. The molecule has 0 unspecified atom stereocenters. The summed E-state index contributed by atoms with van der Waals surface area (Å²) >= 11 is 0. The fourth-order valence-electron chi connectivity index (χ4n) is 4.26. The quantitative estimate of drug-likeness (QED) is 0.830. The van der Waals surface area contributed by atoms with Crippen molar-refractivity contribution in [1.82, 2.24) is 0 Å². The Morgan fingerprint density at radius 2 is 2.14 bits per heavy atom. The molecule has 0 aromatic heterocycles. The third-order valence-electron chi connectivity index (χ3n) is 5.73. The predicted molar refractivity (Wildman–Crippen MR) is 104 cm³/mol. The molecule has 0 bridgehead atoms. The molecule has 2 aromatic carbocycles. The van der Waals surface area contributed by atoms with Crippen LogP contribution < -0.4 is 9.47 Å². The highest BCUT2D eigenvalue weighted by atomic mass is 16.5. The van der Waals surface area contributed by atoms with Crippen LogP contribution in [0.3, 0.4) is 0 Å². The minimum Gasteiger partial charge on any atom is -0.492 e. The molecule has 5 heteroatoms. The topological polar surface area (TPSA) is 79.5 Å². The summed E-state index contributed by atoms with van der Waals surface area (Å²) in [6.07, 6.45) is 1.77. The lowest BCUT2D eigenvalue weighted by Crippen LogP contribution is -2.16. The number of nitrogens with zero attached hydrogens (tertiary/aromatic N) is 1. The fourth-order valence-corrected chi connectivity index (χ4v) is 4.26. The molecule has 0 saturated heterocycles. The van der Waals surface area contributed by atoms with E-state index in [4.69, 9.17) is 14.6 Å². The number of ether oxygens (including phenoxy) is 2. The predicted octanol–water partition coefficient (Wildman–Crippen LogP) is 4.50. The van der Waals surface area contributed by atoms with Gasteiger partial charge in [0.05, 0.1) is 24.5 Å². The number of carbonyl (C=O) groups is 1. The van der Waals surface area contributed by atoms with Crippen molar-refractivity contribution in [3.63, 3.8) is 0 Å². The highest BCUT2D eigenvalue weighted by Crippen LogP contribution is 2.42. The molecule has 28 heavy (non-hydrogen) atoms. The van der Waals surface area contributed by atoms with Gasteiger partial charge in [0.2, 0.25) is 0 Å². The normalized spacial score (nSPS) is 20.0. The van der Waals surface area contributed by atoms with E-state index in [1.807, 2.05) is 44.2 Å². The molecule has 0 amide bonds. The van der Waals surface area contributed by atoms with Crippen LogP contribution in [-0.4, -0.2) is 17.7 Å². The van der Waals surface area contributed by atoms with Crippen LogP contribution in [0.25, 0.3) is 0 Å². The molecule has 1 aliphatic carbocycles. The van der Waals surface area contributed by atoms with Gasteiger partial charge in [0.15, 0.2) is 0 Å². The van der Waals surface area contributed by atoms with E-state index in [2.05, 4.69) is 12.1 Å². The number of hydrogen-bond donors (Lipinski definition) is 1. The van der Waals surface area contributed by atoms with E-state index >= 15 is 0 Å². The summed E-state index contributed by atoms with van der Waals surface area (Å²) in [6.45, 7) is 4.29. The summed E-state index contributed by atoms with van der Waals surface area (Å²) in [6, 6.07) is 14.2. The summed E-state index contributed by atoms with van der Waals surface area (Å²) in [4.78, 5) is 11.0. The Balaban J connectivity index is 1.56. The zero-order chi connectivity index (χ0) is 19.9. The number of aliphatic carboxylic acids is 1. The molecule has 0 spiro atoms. The maximum Gasteiger partial charge on any atom is 0.304 e. The van der Waals surface area contributed by atoms with Crippen molar-refractivity contribution in [2.75, 3.05) is 6.61 Å². The standard InChI is InChI=1S/C23H23NO4/c1-23(2,13-24)19-5-3-4-18-17(19)8-9-20(18)28-15-6-7-16-14(10-22(25)26)12-27-21(16)11-15/h3-7,11,14,20H,8-10,12H2,1-2H3,(H,25,26)/t14-,20-/m1/s1. The van der Waals surface area contributed by atoms with E-state index in [9.17, 15) is 10.1 Å². The van der Waals surface area contributed by atoms with Crippen LogP contribution in [0.5, 0.6) is 11.5 Å². The monoisotopic (exact) mass is 377 g/mol. The summed E-state index contributed by atoms with van der Waals surface area (Å²) in [7, 11) is 0. The van der Waals surface area contributed by atoms with Gasteiger partial charge in [-0.3, -0.25) is 4.79 Å². The van der Waals surface area contributed by atoms with Gasteiger partial charge in [0, 0.05) is 17.5 Å². The van der Waals surface area contributed by atoms with E-state index < -0.39 is 11.4 Å². The van der Waals surface area contributed by atoms with Gasteiger partial charge in [-0.2, -0.15) is 5.26 Å². The number of carboxylic acids is 1. The zero-order valence-electron chi connectivity index (χ0n) is 16.1. The van der Waals surface area contributed by atoms with Crippen molar-refractivity contribution in [2.24, 2.45) is 0 Å². The first-order valence-corrected chi connectivity index (χ1v) is 9.58. The first-order chi connectivity index (χ1) is 13.4. The van der Waals surface area contributed by atoms with E-state index in [1.54, 1.807) is 0 Å². The van der Waals surface area contributed by atoms with Gasteiger partial charge in [-0.1, -0.05) is 24.3 Å². The van der Waals surface area contributed by atoms with Crippen LogP contribution in [0.1, 0.15) is 61.0 Å². The second-order valence-corrected chi connectivity index (χ2v) is 8.06. The highest BCUT2D eigenvalue weighted by molar-refractivity contribution is 5.68. The molecule has 144 valence electrons. The summed E-state index contributed by atoms with van der Waals surface area (Å²) in [5, 5.41) is 18.5. The van der Waals surface area contributed by atoms with Gasteiger partial charge < -0.3 is 14.6 Å². The number of rotatable bonds is 5. The lowest BCUT2D eigenvalue weighted by atomic mass is 9.82. The minimum atomic E-state index is -0.819. The molecule has 2 aromatic rings. The van der Waals surface area contributed by atoms with E-state index in [0.29, 0.717) is 12.4 Å². The molecule has 2 aliphatic rings. The lowest BCUT2D eigenvalue weighted by Gasteiger charge is -2.21. The number of nitriles is 1. The number of carboxylic acid groups (broad SMARTS) is 1. The highest BCUT2D eigenvalue weighted by Gasteiger charge is 2.32. The molecule has 0 radical (unpaired) electrons. The van der Waals surface area contributed by atoms with Crippen molar-refractivity contribution in [3.05, 3.63) is 58.7 Å². The Morgan fingerprint density at radius 3 is 2.89 bits per heavy atom. The first-order valence-electron chi connectivity index (χ1n) is 9.58. The third-order valence-corrected chi connectivity index (χ3v) is 5.73. The Bertz CT molecular complexity index is 973. The lowest BCUT2D eigenvalue weighted by molar-refractivity contribution is -0.137. The first kappa shape index (κ1) is 18.4. The Labute approximate surface area is 164 Å². The average molecular weight is 377 g/mol. The van der Waals surface area contributed by atoms with Crippen LogP contribution in [-0.2, 0) is 16.6 Å². The van der Waals surface area contributed by atoms with Crippen molar-refractivity contribution in [2.45, 2.75) is 50.5 Å². The number of fused-ring (bicyclic) bond motifs is 2. The van der Waals surface area contributed by atoms with Crippen molar-refractivity contribution in [1.29, 1.82) is 5.26 Å². The minimum absolute atomic E-state index is 0.0567. The largest absolute Gasteiger partial charge is 0.492 e. The van der Waals surface area contributed by atoms with Gasteiger partial charge in [0.25, 0.3) is 0 Å². The van der Waals surface area contributed by atoms with Crippen LogP contribution in [0.15, 0.2) is 36.4 Å². The molecular formula is C23H23NO4. The third kappa shape index (κ3) is 3.20. The molecular weight excluding hydrogens is 354 g/mol. The maximum absolute atomic E-state index is 11.0. The fraction of sp³-hybridized carbons (Fsp3) is 0.391. The summed E-state index contributed by atoms with van der Waals surface area (Å²) < 4.78 is 12.0. The second-order valence-electron chi connectivity index (χ2n) is 8.06. The van der Waals surface area contributed by atoms with Gasteiger partial charge >= 0.3 is 5.97 Å². The molecule has 0 saturated carbocycles. The van der Waals surface area contributed by atoms with E-state index in [0.717, 1.165) is 35.3 Å². The summed E-state index contributed by atoms with van der Waals surface area (Å²) in [5.41, 5.74) is 3.84. The zero-order valence-corrected chi connectivity index (χ0v) is 16.1. The van der Waals surface area contributed by atoms with Crippen LogP contribution in [0.2, 0.25) is 0 Å². The van der Waals surface area contributed by atoms with Crippen LogP contribution in [0, 0.1) is 11.3 Å². The number of benzene rings is 2. The Hall–Kier alpha value is -3.00. The molecule has 1 N–H and O–H groups in total. The number of hydrogen-bond acceptors (Lipinski definition) is 4. The molecule has 2 atom stereocenters. The van der Waals surface area contributed by atoms with Gasteiger partial charge in [-0.05, 0) is 49.4 Å². The summed E-state index contributed by atoms with van der Waals surface area (Å²) in [5.74, 6) is 0.504. The molecule has 4 rings (SSSR count).